The number of hydrogen-bond donors (Lipinski definition) is 1. The Hall–Kier alpha value is -3.23. The second-order valence-corrected chi connectivity index (χ2v) is 8.18. The van der Waals surface area contributed by atoms with E-state index in [9.17, 15) is 9.18 Å². The average molecular weight is 453 g/mol. The Morgan fingerprint density at radius 1 is 1.21 bits per heavy atom. The van der Waals surface area contributed by atoms with Gasteiger partial charge in [0, 0.05) is 49.8 Å². The highest BCUT2D eigenvalue weighted by molar-refractivity contribution is 6.04. The summed E-state index contributed by atoms with van der Waals surface area (Å²) in [4.78, 5) is 14.9. The molecule has 0 spiro atoms. The quantitative estimate of drug-likeness (QED) is 0.581. The molecular formula is C25H29FN4O3. The fourth-order valence-corrected chi connectivity index (χ4v) is 3.82. The standard InChI is InChI=1S/C25H29FN4O3/c1-18-15-19(5-7-22(18)26)25(31)28-20-6-8-24(21(16-20)23-9-10-27-29(23)2)33-14-12-30-11-3-4-13-32-17-30/h5-10,15-16H,3-4,11-14,17H2,1-2H3,(H,28,31). The largest absolute Gasteiger partial charge is 0.492 e. The molecule has 1 aromatic heterocycles. The average Bonchev–Trinajstić information content (AvgIpc) is 3.06. The Bertz CT molecular complexity index is 1110. The Morgan fingerprint density at radius 2 is 2.09 bits per heavy atom. The van der Waals surface area contributed by atoms with Crippen molar-refractivity contribution in [3.63, 3.8) is 0 Å². The SMILES string of the molecule is Cc1cc(C(=O)Nc2ccc(OCCN3CCCCOC3)c(-c3ccnn3C)c2)ccc1F. The maximum Gasteiger partial charge on any atom is 0.255 e. The van der Waals surface area contributed by atoms with E-state index in [-0.39, 0.29) is 11.7 Å². The number of ether oxygens (including phenoxy) is 2. The van der Waals surface area contributed by atoms with E-state index in [0.717, 1.165) is 43.8 Å². The number of benzene rings is 2. The minimum Gasteiger partial charge on any atom is -0.492 e. The molecule has 0 saturated carbocycles. The molecule has 3 aromatic rings. The molecule has 0 bridgehead atoms. The van der Waals surface area contributed by atoms with Crippen molar-refractivity contribution in [3.8, 4) is 17.0 Å². The third kappa shape index (κ3) is 5.77. The van der Waals surface area contributed by atoms with Crippen molar-refractivity contribution in [1.29, 1.82) is 0 Å². The molecule has 1 aliphatic heterocycles. The lowest BCUT2D eigenvalue weighted by atomic mass is 10.1. The summed E-state index contributed by atoms with van der Waals surface area (Å²) in [6.45, 7) is 5.38. The van der Waals surface area contributed by atoms with Crippen LogP contribution >= 0.6 is 0 Å². The van der Waals surface area contributed by atoms with E-state index >= 15 is 0 Å². The van der Waals surface area contributed by atoms with Crippen LogP contribution in [0.2, 0.25) is 0 Å². The Labute approximate surface area is 193 Å². The van der Waals surface area contributed by atoms with Gasteiger partial charge in [0.2, 0.25) is 0 Å². The number of halogens is 1. The monoisotopic (exact) mass is 452 g/mol. The molecule has 2 aromatic carbocycles. The first-order valence-corrected chi connectivity index (χ1v) is 11.1. The van der Waals surface area contributed by atoms with Crippen LogP contribution in [0.1, 0.15) is 28.8 Å². The molecule has 0 atom stereocenters. The van der Waals surface area contributed by atoms with E-state index in [0.29, 0.717) is 35.9 Å². The molecule has 0 unspecified atom stereocenters. The first-order valence-electron chi connectivity index (χ1n) is 11.1. The van der Waals surface area contributed by atoms with Crippen LogP contribution in [0.4, 0.5) is 10.1 Å². The number of amides is 1. The van der Waals surface area contributed by atoms with Crippen molar-refractivity contribution < 1.29 is 18.7 Å². The number of aryl methyl sites for hydroxylation is 2. The van der Waals surface area contributed by atoms with E-state index in [1.807, 2.05) is 25.2 Å². The van der Waals surface area contributed by atoms with Crippen molar-refractivity contribution in [1.82, 2.24) is 14.7 Å². The van der Waals surface area contributed by atoms with Gasteiger partial charge in [-0.25, -0.2) is 4.39 Å². The summed E-state index contributed by atoms with van der Waals surface area (Å²) in [6, 6.07) is 11.7. The Morgan fingerprint density at radius 3 is 2.88 bits per heavy atom. The fraction of sp³-hybridized carbons (Fsp3) is 0.360. The number of aromatic nitrogens is 2. The lowest BCUT2D eigenvalue weighted by Gasteiger charge is -2.20. The maximum absolute atomic E-state index is 13.6. The summed E-state index contributed by atoms with van der Waals surface area (Å²) in [6.07, 6.45) is 3.94. The highest BCUT2D eigenvalue weighted by Gasteiger charge is 2.15. The van der Waals surface area contributed by atoms with Crippen LogP contribution in [0.5, 0.6) is 5.75 Å². The number of nitrogens with one attached hydrogen (secondary N) is 1. The minimum absolute atomic E-state index is 0.302. The van der Waals surface area contributed by atoms with E-state index in [2.05, 4.69) is 15.3 Å². The van der Waals surface area contributed by atoms with Gasteiger partial charge in [0.05, 0.1) is 12.4 Å². The van der Waals surface area contributed by atoms with Crippen molar-refractivity contribution in [2.45, 2.75) is 19.8 Å². The van der Waals surface area contributed by atoms with E-state index in [1.165, 1.54) is 18.2 Å². The van der Waals surface area contributed by atoms with Crippen molar-refractivity contribution >= 4 is 11.6 Å². The summed E-state index contributed by atoms with van der Waals surface area (Å²) in [5.41, 5.74) is 3.14. The summed E-state index contributed by atoms with van der Waals surface area (Å²) in [5.74, 6) is 0.0761. The summed E-state index contributed by atoms with van der Waals surface area (Å²) < 4.78 is 27.1. The van der Waals surface area contributed by atoms with Crippen LogP contribution in [0.25, 0.3) is 11.3 Å². The van der Waals surface area contributed by atoms with Gasteiger partial charge in [0.25, 0.3) is 5.91 Å². The van der Waals surface area contributed by atoms with Crippen molar-refractivity contribution in [3.05, 3.63) is 65.6 Å². The molecule has 1 fully saturated rings. The molecule has 0 radical (unpaired) electrons. The van der Waals surface area contributed by atoms with Crippen LogP contribution in [-0.4, -0.2) is 53.6 Å². The summed E-state index contributed by atoms with van der Waals surface area (Å²) in [7, 11) is 1.86. The van der Waals surface area contributed by atoms with Gasteiger partial charge in [-0.3, -0.25) is 14.4 Å². The van der Waals surface area contributed by atoms with Crippen molar-refractivity contribution in [2.75, 3.05) is 38.4 Å². The fourth-order valence-electron chi connectivity index (χ4n) is 3.82. The lowest BCUT2D eigenvalue weighted by Crippen LogP contribution is -2.30. The smallest absolute Gasteiger partial charge is 0.255 e. The molecule has 4 rings (SSSR count). The zero-order valence-corrected chi connectivity index (χ0v) is 19.0. The van der Waals surface area contributed by atoms with Gasteiger partial charge in [-0.2, -0.15) is 5.10 Å². The van der Waals surface area contributed by atoms with Gasteiger partial charge in [0.1, 0.15) is 18.2 Å². The second-order valence-electron chi connectivity index (χ2n) is 8.18. The third-order valence-corrected chi connectivity index (χ3v) is 5.71. The van der Waals surface area contributed by atoms with Crippen LogP contribution in [0.3, 0.4) is 0 Å². The first-order chi connectivity index (χ1) is 16.0. The van der Waals surface area contributed by atoms with Gasteiger partial charge in [-0.1, -0.05) is 0 Å². The number of hydrogen-bond acceptors (Lipinski definition) is 5. The molecule has 1 aliphatic rings. The summed E-state index contributed by atoms with van der Waals surface area (Å²) in [5, 5.41) is 7.17. The maximum atomic E-state index is 13.6. The van der Waals surface area contributed by atoms with Gasteiger partial charge in [-0.15, -0.1) is 0 Å². The van der Waals surface area contributed by atoms with Crippen molar-refractivity contribution in [2.24, 2.45) is 7.05 Å². The molecule has 7 nitrogen and oxygen atoms in total. The number of anilines is 1. The molecule has 174 valence electrons. The van der Waals surface area contributed by atoms with Crippen LogP contribution in [0.15, 0.2) is 48.7 Å². The zero-order valence-electron chi connectivity index (χ0n) is 19.0. The Balaban J connectivity index is 1.50. The van der Waals surface area contributed by atoms with Crippen LogP contribution in [0, 0.1) is 12.7 Å². The number of nitrogens with zero attached hydrogens (tertiary/aromatic N) is 3. The number of rotatable bonds is 7. The molecule has 8 heteroatoms. The van der Waals surface area contributed by atoms with Gasteiger partial charge in [-0.05, 0) is 67.8 Å². The van der Waals surface area contributed by atoms with Gasteiger partial charge < -0.3 is 14.8 Å². The number of carbonyl (C=O) groups is 1. The molecular weight excluding hydrogens is 423 g/mol. The Kier molecular flexibility index (Phi) is 7.36. The molecule has 1 saturated heterocycles. The lowest BCUT2D eigenvalue weighted by molar-refractivity contribution is 0.0428. The highest BCUT2D eigenvalue weighted by atomic mass is 19.1. The summed E-state index contributed by atoms with van der Waals surface area (Å²) >= 11 is 0. The predicted octanol–water partition coefficient (Wildman–Crippen LogP) is 4.24. The molecule has 2 heterocycles. The van der Waals surface area contributed by atoms with Gasteiger partial charge >= 0.3 is 0 Å². The van der Waals surface area contributed by atoms with Crippen LogP contribution in [-0.2, 0) is 11.8 Å². The van der Waals surface area contributed by atoms with E-state index in [1.54, 1.807) is 23.9 Å². The predicted molar refractivity (Wildman–Crippen MR) is 125 cm³/mol. The minimum atomic E-state index is -0.335. The topological polar surface area (TPSA) is 68.6 Å². The van der Waals surface area contributed by atoms with Gasteiger partial charge in [0.15, 0.2) is 0 Å². The molecule has 0 aliphatic carbocycles. The van der Waals surface area contributed by atoms with E-state index in [4.69, 9.17) is 9.47 Å². The normalized spacial score (nSPS) is 14.6. The van der Waals surface area contributed by atoms with Crippen LogP contribution < -0.4 is 10.1 Å². The third-order valence-electron chi connectivity index (χ3n) is 5.71. The van der Waals surface area contributed by atoms with E-state index < -0.39 is 0 Å². The molecule has 1 N–H and O–H groups in total. The molecule has 33 heavy (non-hydrogen) atoms. The highest BCUT2D eigenvalue weighted by Crippen LogP contribution is 2.32. The number of carbonyl (C=O) groups excluding carboxylic acids is 1. The second kappa shape index (κ2) is 10.6. The molecule has 1 amide bonds. The zero-order chi connectivity index (χ0) is 23.2. The first kappa shape index (κ1) is 22.9.